The molecule has 2 aromatic carbocycles. The fourth-order valence-corrected chi connectivity index (χ4v) is 6.15. The van der Waals surface area contributed by atoms with Crippen LogP contribution in [0.5, 0.6) is 11.5 Å². The zero-order valence-corrected chi connectivity index (χ0v) is 20.8. The predicted octanol–water partition coefficient (Wildman–Crippen LogP) is 3.28. The van der Waals surface area contributed by atoms with Gasteiger partial charge in [0.05, 0.1) is 13.3 Å². The number of rotatable bonds is 10. The number of carbonyl (C=O) groups is 3. The number of nitrogens with zero attached hydrogens (tertiary/aromatic N) is 1. The number of hydrazone groups is 1. The molecule has 2 aliphatic rings. The molecule has 1 unspecified atom stereocenters. The Bertz CT molecular complexity index is 1140. The van der Waals surface area contributed by atoms with Crippen molar-refractivity contribution < 1.29 is 24.2 Å². The van der Waals surface area contributed by atoms with Gasteiger partial charge in [0.1, 0.15) is 0 Å². The highest BCUT2D eigenvalue weighted by Gasteiger charge is 2.42. The summed E-state index contributed by atoms with van der Waals surface area (Å²) < 4.78 is 5.04. The van der Waals surface area contributed by atoms with Crippen LogP contribution in [0.2, 0.25) is 0 Å². The molecule has 3 atom stereocenters. The molecule has 0 spiro atoms. The number of phenols is 1. The van der Waals surface area contributed by atoms with Crippen molar-refractivity contribution in [2.45, 2.75) is 43.4 Å². The normalized spacial score (nSPS) is 20.7. The van der Waals surface area contributed by atoms with Gasteiger partial charge in [0.2, 0.25) is 11.8 Å². The summed E-state index contributed by atoms with van der Waals surface area (Å²) in [5.41, 5.74) is 4.13. The minimum Gasteiger partial charge on any atom is -0.504 e. The van der Waals surface area contributed by atoms with Gasteiger partial charge in [0.15, 0.2) is 11.5 Å². The minimum absolute atomic E-state index is 0.0209. The largest absolute Gasteiger partial charge is 0.504 e. The van der Waals surface area contributed by atoms with E-state index in [0.717, 1.165) is 25.0 Å². The zero-order valence-electron chi connectivity index (χ0n) is 20.0. The van der Waals surface area contributed by atoms with Gasteiger partial charge in [0.25, 0.3) is 5.91 Å². The van der Waals surface area contributed by atoms with Gasteiger partial charge in [-0.05, 0) is 60.9 Å². The maximum absolute atomic E-state index is 12.3. The van der Waals surface area contributed by atoms with E-state index in [9.17, 15) is 19.5 Å². The Morgan fingerprint density at radius 1 is 1.22 bits per heavy atom. The maximum Gasteiger partial charge on any atom is 0.271 e. The number of carbonyl (C=O) groups excluding carboxylic acids is 3. The second-order valence-corrected chi connectivity index (χ2v) is 10.2. The van der Waals surface area contributed by atoms with Crippen LogP contribution >= 0.6 is 11.8 Å². The summed E-state index contributed by atoms with van der Waals surface area (Å²) in [7, 11) is 1.45. The van der Waals surface area contributed by atoms with E-state index in [1.165, 1.54) is 19.4 Å². The van der Waals surface area contributed by atoms with E-state index in [1.807, 2.05) is 11.8 Å². The highest BCUT2D eigenvalue weighted by molar-refractivity contribution is 8.00. The molecule has 10 heteroatoms. The molecule has 4 N–H and O–H groups in total. The highest BCUT2D eigenvalue weighted by Crippen LogP contribution is 2.40. The van der Waals surface area contributed by atoms with E-state index >= 15 is 0 Å². The molecule has 0 radical (unpaired) electrons. The van der Waals surface area contributed by atoms with Crippen molar-refractivity contribution >= 4 is 41.4 Å². The molecule has 0 aliphatic carbocycles. The van der Waals surface area contributed by atoms with Crippen LogP contribution in [0.25, 0.3) is 0 Å². The number of anilines is 1. The van der Waals surface area contributed by atoms with Gasteiger partial charge in [-0.15, -0.1) is 0 Å². The number of hydrogen-bond donors (Lipinski definition) is 4. The number of ether oxygens (including phenoxy) is 1. The minimum atomic E-state index is -0.388. The van der Waals surface area contributed by atoms with Crippen LogP contribution in [-0.4, -0.2) is 53.2 Å². The fourth-order valence-electron chi connectivity index (χ4n) is 4.50. The number of hydrogen-bond acceptors (Lipinski definition) is 7. The first-order valence-electron chi connectivity index (χ1n) is 11.9. The van der Waals surface area contributed by atoms with Gasteiger partial charge in [-0.25, -0.2) is 5.43 Å². The van der Waals surface area contributed by atoms with E-state index in [-0.39, 0.29) is 23.5 Å². The van der Waals surface area contributed by atoms with Crippen molar-refractivity contribution in [3.8, 4) is 11.5 Å². The van der Waals surface area contributed by atoms with E-state index in [1.54, 1.807) is 36.4 Å². The van der Waals surface area contributed by atoms with Crippen LogP contribution in [0.1, 0.15) is 48.0 Å². The molecule has 9 nitrogen and oxygen atoms in total. The third-order valence-corrected chi connectivity index (χ3v) is 7.97. The molecule has 2 fully saturated rings. The molecule has 3 amide bonds. The summed E-state index contributed by atoms with van der Waals surface area (Å²) in [6.07, 6.45) is 5.30. The van der Waals surface area contributed by atoms with Gasteiger partial charge >= 0.3 is 0 Å². The van der Waals surface area contributed by atoms with E-state index in [0.29, 0.717) is 52.6 Å². The molecule has 0 bridgehead atoms. The molecule has 36 heavy (non-hydrogen) atoms. The first-order valence-corrected chi connectivity index (χ1v) is 13.0. The monoisotopic (exact) mass is 510 g/mol. The van der Waals surface area contributed by atoms with Crippen molar-refractivity contribution in [2.75, 3.05) is 18.2 Å². The number of phenolic OH excluding ortho intramolecular Hbond substituents is 1. The lowest BCUT2D eigenvalue weighted by Crippen LogP contribution is -2.29. The molecule has 2 saturated heterocycles. The third-order valence-electron chi connectivity index (χ3n) is 6.41. The molecule has 4 rings (SSSR count). The van der Waals surface area contributed by atoms with Crippen LogP contribution in [0, 0.1) is 5.92 Å². The summed E-state index contributed by atoms with van der Waals surface area (Å²) in [5.74, 6) is 1.49. The molecular weight excluding hydrogens is 480 g/mol. The average Bonchev–Trinajstić information content (AvgIpc) is 3.42. The lowest BCUT2D eigenvalue weighted by molar-refractivity contribution is -0.119. The van der Waals surface area contributed by atoms with Gasteiger partial charge in [-0.2, -0.15) is 16.9 Å². The van der Waals surface area contributed by atoms with Crippen molar-refractivity contribution in [3.05, 3.63) is 53.6 Å². The first-order chi connectivity index (χ1) is 17.4. The van der Waals surface area contributed by atoms with Gasteiger partial charge in [-0.3, -0.25) is 14.4 Å². The fraction of sp³-hybridized carbons (Fsp3) is 0.385. The quantitative estimate of drug-likeness (QED) is 0.221. The first kappa shape index (κ1) is 25.6. The lowest BCUT2D eigenvalue weighted by Gasteiger charge is -2.15. The van der Waals surface area contributed by atoms with Gasteiger partial charge in [-0.1, -0.05) is 6.42 Å². The number of nitrogens with one attached hydrogen (secondary N) is 3. The molecule has 2 heterocycles. The van der Waals surface area contributed by atoms with Crippen molar-refractivity contribution in [2.24, 2.45) is 11.0 Å². The topological polar surface area (TPSA) is 129 Å². The average molecular weight is 511 g/mol. The summed E-state index contributed by atoms with van der Waals surface area (Å²) in [4.78, 5) is 36.2. The van der Waals surface area contributed by atoms with Crippen molar-refractivity contribution in [3.63, 3.8) is 0 Å². The van der Waals surface area contributed by atoms with Gasteiger partial charge < -0.3 is 20.5 Å². The molecule has 0 saturated carbocycles. The number of benzene rings is 2. The smallest absolute Gasteiger partial charge is 0.271 e. The number of aromatic hydroxyl groups is 1. The Morgan fingerprint density at radius 2 is 2.03 bits per heavy atom. The van der Waals surface area contributed by atoms with Crippen LogP contribution < -0.4 is 20.8 Å². The molecular formula is C26H30N4O5S. The van der Waals surface area contributed by atoms with Crippen molar-refractivity contribution in [1.29, 1.82) is 0 Å². The zero-order chi connectivity index (χ0) is 25.5. The predicted molar refractivity (Wildman–Crippen MR) is 140 cm³/mol. The van der Waals surface area contributed by atoms with E-state index in [4.69, 9.17) is 4.74 Å². The molecule has 0 aromatic heterocycles. The Morgan fingerprint density at radius 3 is 2.81 bits per heavy atom. The van der Waals surface area contributed by atoms with Crippen LogP contribution in [0.4, 0.5) is 5.69 Å². The Balaban J connectivity index is 1.16. The Labute approximate surface area is 214 Å². The molecule has 2 aromatic rings. The van der Waals surface area contributed by atoms with E-state index < -0.39 is 0 Å². The second-order valence-electron chi connectivity index (χ2n) is 8.92. The maximum atomic E-state index is 12.3. The van der Waals surface area contributed by atoms with Gasteiger partial charge in [0, 0.05) is 47.1 Å². The summed E-state index contributed by atoms with van der Waals surface area (Å²) >= 11 is 1.94. The summed E-state index contributed by atoms with van der Waals surface area (Å²) in [5, 5.41) is 20.0. The Hall–Kier alpha value is -3.53. The highest BCUT2D eigenvalue weighted by atomic mass is 32.2. The summed E-state index contributed by atoms with van der Waals surface area (Å²) in [6, 6.07) is 11.7. The van der Waals surface area contributed by atoms with Crippen molar-refractivity contribution in [1.82, 2.24) is 10.7 Å². The third kappa shape index (κ3) is 6.57. The lowest BCUT2D eigenvalue weighted by atomic mass is 9.94. The number of fused-ring (bicyclic) bond motifs is 1. The number of thioether (sulfide) groups is 1. The number of amides is 3. The number of methoxy groups -OCH3 is 1. The van der Waals surface area contributed by atoms with E-state index in [2.05, 4.69) is 21.2 Å². The molecule has 190 valence electrons. The van der Waals surface area contributed by atoms with Crippen LogP contribution in [0.3, 0.4) is 0 Å². The Kier molecular flexibility index (Phi) is 8.48. The molecule has 2 aliphatic heterocycles. The standard InChI is InChI=1S/C26H30N4O5S/c1-35-22-12-16(6-11-21(22)31)14-27-30-26(34)17-7-9-18(10-8-17)28-24(32)5-3-2-4-23-19-13-25(33)29-20(19)15-36-23/h6-12,14,19-20,23,31H,2-5,13,15H2,1H3,(H,28,32)(H,29,33)(H,30,34)/b27-14+/t19-,20-,23?/m0/s1. The van der Waals surface area contributed by atoms with Crippen LogP contribution in [-0.2, 0) is 9.59 Å². The second kappa shape index (κ2) is 11.9. The van der Waals surface area contributed by atoms with Crippen LogP contribution in [0.15, 0.2) is 47.6 Å². The number of unbranched alkanes of at least 4 members (excludes halogenated alkanes) is 1. The SMILES string of the molecule is COc1cc(/C=N/NC(=O)c2ccc(NC(=O)CCCCC3SC[C@@H]4NC(=O)C[C@H]34)cc2)ccc1O. The summed E-state index contributed by atoms with van der Waals surface area (Å²) in [6.45, 7) is 0.